The Kier molecular flexibility index (Phi) is 5.37. The first kappa shape index (κ1) is 17.2. The Morgan fingerprint density at radius 1 is 1.20 bits per heavy atom. The zero-order valence-corrected chi connectivity index (χ0v) is 13.1. The summed E-state index contributed by atoms with van der Waals surface area (Å²) in [5.41, 5.74) is 6.24. The molecule has 0 atom stereocenters. The number of halogens is 4. The van der Waals surface area contributed by atoms with Gasteiger partial charge in [0.25, 0.3) is 0 Å². The molecule has 1 heterocycles. The topological polar surface area (TPSA) is 61.0 Å². The van der Waals surface area contributed by atoms with Gasteiger partial charge in [-0.05, 0) is 15.9 Å². The van der Waals surface area contributed by atoms with Gasteiger partial charge in [0.2, 0.25) is 0 Å². The highest BCUT2D eigenvalue weighted by atomic mass is 79.9. The van der Waals surface area contributed by atoms with Crippen LogP contribution in [0, 0.1) is 0 Å². The van der Waals surface area contributed by atoms with Crippen LogP contribution in [0.15, 0.2) is 4.47 Å². The highest BCUT2D eigenvalue weighted by Crippen LogP contribution is 2.31. The molecule has 0 aliphatic rings. The molecular weight excluding hydrogens is 339 g/mol. The molecule has 114 valence electrons. The van der Waals surface area contributed by atoms with E-state index in [1.165, 1.54) is 0 Å². The first-order valence-corrected chi connectivity index (χ1v) is 6.77. The molecule has 0 bridgehead atoms. The maximum Gasteiger partial charge on any atom is 0.411 e. The van der Waals surface area contributed by atoms with Gasteiger partial charge in [-0.25, -0.2) is 9.97 Å². The number of anilines is 1. The summed E-state index contributed by atoms with van der Waals surface area (Å²) in [6.45, 7) is 4.51. The monoisotopic (exact) mass is 355 g/mol. The van der Waals surface area contributed by atoms with Crippen molar-refractivity contribution in [1.82, 2.24) is 9.97 Å². The third-order valence-electron chi connectivity index (χ3n) is 2.37. The van der Waals surface area contributed by atoms with Crippen LogP contribution >= 0.6 is 15.9 Å². The second kappa shape index (κ2) is 6.26. The fourth-order valence-corrected chi connectivity index (χ4v) is 2.24. The van der Waals surface area contributed by atoms with Crippen LogP contribution in [0.5, 0.6) is 0 Å². The molecule has 0 aliphatic heterocycles. The van der Waals surface area contributed by atoms with Crippen LogP contribution in [0.25, 0.3) is 0 Å². The van der Waals surface area contributed by atoms with E-state index in [4.69, 9.17) is 5.73 Å². The lowest BCUT2D eigenvalue weighted by Gasteiger charge is -2.20. The van der Waals surface area contributed by atoms with Crippen LogP contribution in [-0.4, -0.2) is 29.4 Å². The summed E-state index contributed by atoms with van der Waals surface area (Å²) in [6.07, 6.45) is -4.15. The van der Waals surface area contributed by atoms with Gasteiger partial charge >= 0.3 is 6.18 Å². The van der Waals surface area contributed by atoms with Crippen molar-refractivity contribution in [1.29, 1.82) is 0 Å². The molecule has 0 fully saturated rings. The van der Waals surface area contributed by atoms with E-state index in [0.717, 1.165) is 5.69 Å². The van der Waals surface area contributed by atoms with E-state index < -0.39 is 12.8 Å². The first-order chi connectivity index (χ1) is 9.00. The first-order valence-electron chi connectivity index (χ1n) is 5.97. The second-order valence-corrected chi connectivity index (χ2v) is 6.15. The lowest BCUT2D eigenvalue weighted by atomic mass is 9.92. The van der Waals surface area contributed by atoms with E-state index in [1.807, 2.05) is 20.8 Å². The Balaban J connectivity index is 2.75. The number of nitrogen functional groups attached to an aromatic ring is 1. The Hall–Kier alpha value is -0.890. The molecule has 8 heteroatoms. The molecule has 2 N–H and O–H groups in total. The van der Waals surface area contributed by atoms with E-state index in [-0.39, 0.29) is 24.3 Å². The van der Waals surface area contributed by atoms with Gasteiger partial charge in [0, 0.05) is 11.8 Å². The van der Waals surface area contributed by atoms with E-state index in [2.05, 4.69) is 30.6 Å². The molecule has 0 aliphatic carbocycles. The Bertz CT molecular complexity index is 472. The summed E-state index contributed by atoms with van der Waals surface area (Å²) < 4.78 is 41.0. The van der Waals surface area contributed by atoms with Gasteiger partial charge < -0.3 is 10.5 Å². The number of ether oxygens (including phenoxy) is 1. The van der Waals surface area contributed by atoms with Crippen molar-refractivity contribution in [3.8, 4) is 0 Å². The number of rotatable bonds is 4. The molecule has 0 saturated carbocycles. The maximum atomic E-state index is 11.9. The van der Waals surface area contributed by atoms with Gasteiger partial charge in [0.15, 0.2) is 0 Å². The van der Waals surface area contributed by atoms with Crippen molar-refractivity contribution < 1.29 is 17.9 Å². The molecule has 1 aromatic heterocycles. The normalized spacial score (nSPS) is 12.8. The van der Waals surface area contributed by atoms with Crippen LogP contribution in [-0.2, 0) is 16.6 Å². The summed E-state index contributed by atoms with van der Waals surface area (Å²) >= 11 is 3.33. The minimum Gasteiger partial charge on any atom is -0.383 e. The van der Waals surface area contributed by atoms with Gasteiger partial charge in [-0.2, -0.15) is 13.2 Å². The molecule has 1 rings (SSSR count). The molecule has 0 spiro atoms. The summed E-state index contributed by atoms with van der Waals surface area (Å²) in [6, 6.07) is 0. The number of aromatic nitrogens is 2. The Morgan fingerprint density at radius 3 is 2.30 bits per heavy atom. The number of nitrogens with zero attached hydrogens (tertiary/aromatic N) is 2. The zero-order valence-electron chi connectivity index (χ0n) is 11.5. The zero-order chi connectivity index (χ0) is 15.6. The number of hydrogen-bond donors (Lipinski definition) is 1. The number of nitrogens with two attached hydrogens (primary N) is 1. The number of hydrogen-bond acceptors (Lipinski definition) is 4. The van der Waals surface area contributed by atoms with Crippen molar-refractivity contribution in [3.05, 3.63) is 16.0 Å². The highest BCUT2D eigenvalue weighted by Gasteiger charge is 2.27. The van der Waals surface area contributed by atoms with E-state index in [1.54, 1.807) is 0 Å². The average molecular weight is 356 g/mol. The summed E-state index contributed by atoms with van der Waals surface area (Å²) in [7, 11) is 0. The predicted octanol–water partition coefficient (Wildman–Crippen LogP) is 3.24. The molecular formula is C12H17BrF3N3O. The molecule has 0 unspecified atom stereocenters. The molecule has 0 amide bonds. The molecule has 0 saturated heterocycles. The third kappa shape index (κ3) is 5.24. The molecule has 0 aromatic carbocycles. The SMILES string of the molecule is CC(C)(C)c1nc(CCOCC(F)(F)F)nc(N)c1Br. The highest BCUT2D eigenvalue weighted by molar-refractivity contribution is 9.10. The van der Waals surface area contributed by atoms with Crippen LogP contribution in [0.2, 0.25) is 0 Å². The van der Waals surface area contributed by atoms with E-state index >= 15 is 0 Å². The third-order valence-corrected chi connectivity index (χ3v) is 3.15. The van der Waals surface area contributed by atoms with Crippen molar-refractivity contribution >= 4 is 21.7 Å². The van der Waals surface area contributed by atoms with Crippen molar-refractivity contribution in [2.75, 3.05) is 18.9 Å². The van der Waals surface area contributed by atoms with Gasteiger partial charge in [-0.3, -0.25) is 0 Å². The Morgan fingerprint density at radius 2 is 1.80 bits per heavy atom. The molecule has 0 radical (unpaired) electrons. The maximum absolute atomic E-state index is 11.9. The summed E-state index contributed by atoms with van der Waals surface area (Å²) in [4.78, 5) is 8.38. The largest absolute Gasteiger partial charge is 0.411 e. The smallest absolute Gasteiger partial charge is 0.383 e. The van der Waals surface area contributed by atoms with Gasteiger partial charge in [0.1, 0.15) is 18.2 Å². The van der Waals surface area contributed by atoms with Gasteiger partial charge in [0.05, 0.1) is 16.8 Å². The summed E-state index contributed by atoms with van der Waals surface area (Å²) in [5.74, 6) is 0.647. The van der Waals surface area contributed by atoms with Crippen molar-refractivity contribution in [3.63, 3.8) is 0 Å². The molecule has 1 aromatic rings. The minimum atomic E-state index is -4.32. The van der Waals surface area contributed by atoms with E-state index in [9.17, 15) is 13.2 Å². The predicted molar refractivity (Wildman–Crippen MR) is 73.4 cm³/mol. The number of alkyl halides is 3. The average Bonchev–Trinajstić information content (AvgIpc) is 2.26. The standard InChI is InChI=1S/C12H17BrF3N3O/c1-11(2,3)9-8(13)10(17)19-7(18-9)4-5-20-6-12(14,15)16/h4-6H2,1-3H3,(H2,17,18,19). The van der Waals surface area contributed by atoms with Crippen LogP contribution < -0.4 is 5.73 Å². The van der Waals surface area contributed by atoms with Crippen molar-refractivity contribution in [2.24, 2.45) is 0 Å². The fourth-order valence-electron chi connectivity index (χ4n) is 1.47. The Labute approximate surface area is 124 Å². The minimum absolute atomic E-state index is 0.107. The lowest BCUT2D eigenvalue weighted by Crippen LogP contribution is -2.20. The quantitative estimate of drug-likeness (QED) is 0.842. The second-order valence-electron chi connectivity index (χ2n) is 5.36. The van der Waals surface area contributed by atoms with Gasteiger partial charge in [-0.1, -0.05) is 20.8 Å². The van der Waals surface area contributed by atoms with Crippen LogP contribution in [0.4, 0.5) is 19.0 Å². The van der Waals surface area contributed by atoms with Gasteiger partial charge in [-0.15, -0.1) is 0 Å². The molecule has 20 heavy (non-hydrogen) atoms. The lowest BCUT2D eigenvalue weighted by molar-refractivity contribution is -0.173. The fraction of sp³-hybridized carbons (Fsp3) is 0.667. The van der Waals surface area contributed by atoms with Crippen LogP contribution in [0.3, 0.4) is 0 Å². The van der Waals surface area contributed by atoms with Crippen molar-refractivity contribution in [2.45, 2.75) is 38.8 Å². The van der Waals surface area contributed by atoms with E-state index in [0.29, 0.717) is 10.3 Å². The summed E-state index contributed by atoms with van der Waals surface area (Å²) in [5, 5.41) is 0. The molecule has 4 nitrogen and oxygen atoms in total. The van der Waals surface area contributed by atoms with Crippen LogP contribution in [0.1, 0.15) is 32.3 Å².